The van der Waals surface area contributed by atoms with Crippen LogP contribution in [0.4, 0.5) is 0 Å². The number of carbonyl (C=O) groups excluding carboxylic acids is 1. The fourth-order valence-electron chi connectivity index (χ4n) is 2.49. The van der Waals surface area contributed by atoms with Crippen LogP contribution in [0.25, 0.3) is 11.4 Å². The number of carboxylic acid groups (broad SMARTS) is 1. The van der Waals surface area contributed by atoms with Crippen molar-refractivity contribution in [3.05, 3.63) is 40.7 Å². The van der Waals surface area contributed by atoms with E-state index in [1.807, 2.05) is 32.0 Å². The average Bonchev–Trinajstić information content (AvgIpc) is 2.70. The fourth-order valence-corrected chi connectivity index (χ4v) is 2.49. The minimum absolute atomic E-state index is 0.0725. The number of rotatable bonds is 4. The van der Waals surface area contributed by atoms with Crippen LogP contribution in [0.1, 0.15) is 39.0 Å². The zero-order valence-corrected chi connectivity index (χ0v) is 11.7. The molecule has 5 nitrogen and oxygen atoms in total. The first-order chi connectivity index (χ1) is 9.51. The van der Waals surface area contributed by atoms with E-state index in [-0.39, 0.29) is 11.3 Å². The standard InChI is InChI=1S/C15H16N2O3/c1-4-10-13(15(19)20)12(8-18)17(3)14(10)11-7-5-6-9(2)16-11/h5-8H,4H2,1-3H3,(H,19,20). The lowest BCUT2D eigenvalue weighted by Crippen LogP contribution is -2.04. The molecular formula is C15H16N2O3. The predicted octanol–water partition coefficient (Wildman–Crippen LogP) is 2.47. The first-order valence-electron chi connectivity index (χ1n) is 6.35. The lowest BCUT2D eigenvalue weighted by Gasteiger charge is -2.07. The van der Waals surface area contributed by atoms with Crippen molar-refractivity contribution in [3.63, 3.8) is 0 Å². The van der Waals surface area contributed by atoms with E-state index < -0.39 is 5.97 Å². The van der Waals surface area contributed by atoms with Gasteiger partial charge in [0.25, 0.3) is 0 Å². The molecule has 0 atom stereocenters. The topological polar surface area (TPSA) is 72.2 Å². The second-order valence-electron chi connectivity index (χ2n) is 4.59. The number of aldehydes is 1. The predicted molar refractivity (Wildman–Crippen MR) is 75.1 cm³/mol. The molecule has 0 aromatic carbocycles. The summed E-state index contributed by atoms with van der Waals surface area (Å²) >= 11 is 0. The average molecular weight is 272 g/mol. The molecule has 20 heavy (non-hydrogen) atoms. The molecule has 0 aliphatic heterocycles. The molecule has 2 aromatic rings. The van der Waals surface area contributed by atoms with Crippen LogP contribution >= 0.6 is 0 Å². The quantitative estimate of drug-likeness (QED) is 0.868. The maximum atomic E-state index is 11.4. The first kappa shape index (κ1) is 14.0. The Hall–Kier alpha value is -2.43. The zero-order valence-electron chi connectivity index (χ0n) is 11.7. The number of carboxylic acids is 1. The van der Waals surface area contributed by atoms with Crippen LogP contribution < -0.4 is 0 Å². The lowest BCUT2D eigenvalue weighted by atomic mass is 10.0. The molecule has 0 aliphatic rings. The van der Waals surface area contributed by atoms with Gasteiger partial charge in [-0.15, -0.1) is 0 Å². The van der Waals surface area contributed by atoms with Crippen molar-refractivity contribution < 1.29 is 14.7 Å². The zero-order chi connectivity index (χ0) is 14.9. The number of hydrogen-bond donors (Lipinski definition) is 1. The number of pyridine rings is 1. The number of hydrogen-bond acceptors (Lipinski definition) is 3. The van der Waals surface area contributed by atoms with Gasteiger partial charge in [0.15, 0.2) is 6.29 Å². The van der Waals surface area contributed by atoms with Crippen LogP contribution in [0, 0.1) is 6.92 Å². The van der Waals surface area contributed by atoms with Crippen LogP contribution in [0.2, 0.25) is 0 Å². The molecule has 0 amide bonds. The Kier molecular flexibility index (Phi) is 3.70. The molecule has 104 valence electrons. The molecule has 0 unspecified atom stereocenters. The summed E-state index contributed by atoms with van der Waals surface area (Å²) in [4.78, 5) is 27.1. The highest BCUT2D eigenvalue weighted by molar-refractivity contribution is 6.00. The third-order valence-electron chi connectivity index (χ3n) is 3.35. The summed E-state index contributed by atoms with van der Waals surface area (Å²) < 4.78 is 1.61. The third kappa shape index (κ3) is 2.11. The molecule has 0 saturated carbocycles. The molecular weight excluding hydrogens is 256 g/mol. The van der Waals surface area contributed by atoms with E-state index in [0.29, 0.717) is 29.7 Å². The van der Waals surface area contributed by atoms with Crippen molar-refractivity contribution in [2.24, 2.45) is 7.05 Å². The van der Waals surface area contributed by atoms with Crippen molar-refractivity contribution in [1.29, 1.82) is 0 Å². The van der Waals surface area contributed by atoms with E-state index in [0.717, 1.165) is 5.69 Å². The molecule has 0 bridgehead atoms. The second-order valence-corrected chi connectivity index (χ2v) is 4.59. The van der Waals surface area contributed by atoms with Crippen LogP contribution in [-0.2, 0) is 13.5 Å². The lowest BCUT2D eigenvalue weighted by molar-refractivity contribution is 0.0692. The van der Waals surface area contributed by atoms with Crippen molar-refractivity contribution in [2.45, 2.75) is 20.3 Å². The summed E-state index contributed by atoms with van der Waals surface area (Å²) in [5.41, 5.74) is 3.10. The number of aryl methyl sites for hydroxylation is 1. The summed E-state index contributed by atoms with van der Waals surface area (Å²) in [6, 6.07) is 5.56. The molecule has 1 N–H and O–H groups in total. The molecule has 2 rings (SSSR count). The highest BCUT2D eigenvalue weighted by atomic mass is 16.4. The van der Waals surface area contributed by atoms with E-state index >= 15 is 0 Å². The molecule has 0 saturated heterocycles. The van der Waals surface area contributed by atoms with Crippen LogP contribution in [0.3, 0.4) is 0 Å². The van der Waals surface area contributed by atoms with E-state index in [9.17, 15) is 14.7 Å². The van der Waals surface area contributed by atoms with E-state index in [4.69, 9.17) is 0 Å². The molecule has 0 aliphatic carbocycles. The van der Waals surface area contributed by atoms with Gasteiger partial charge in [-0.2, -0.15) is 0 Å². The summed E-state index contributed by atoms with van der Waals surface area (Å²) in [6.07, 6.45) is 1.11. The largest absolute Gasteiger partial charge is 0.478 e. The van der Waals surface area contributed by atoms with E-state index in [1.54, 1.807) is 11.6 Å². The number of carbonyl (C=O) groups is 2. The highest BCUT2D eigenvalue weighted by Gasteiger charge is 2.25. The molecule has 2 heterocycles. The van der Waals surface area contributed by atoms with Crippen molar-refractivity contribution in [3.8, 4) is 11.4 Å². The van der Waals surface area contributed by atoms with Gasteiger partial charge in [-0.25, -0.2) is 4.79 Å². The number of aromatic carboxylic acids is 1. The number of aromatic nitrogens is 2. The van der Waals surface area contributed by atoms with E-state index in [2.05, 4.69) is 4.98 Å². The highest BCUT2D eigenvalue weighted by Crippen LogP contribution is 2.30. The van der Waals surface area contributed by atoms with Gasteiger partial charge >= 0.3 is 5.97 Å². The molecule has 0 radical (unpaired) electrons. The maximum Gasteiger partial charge on any atom is 0.338 e. The Morgan fingerprint density at radius 3 is 2.65 bits per heavy atom. The first-order valence-corrected chi connectivity index (χ1v) is 6.35. The summed E-state index contributed by atoms with van der Waals surface area (Å²) in [6.45, 7) is 3.74. The fraction of sp³-hybridized carbons (Fsp3) is 0.267. The van der Waals surface area contributed by atoms with Gasteiger partial charge < -0.3 is 9.67 Å². The second kappa shape index (κ2) is 5.28. The van der Waals surface area contributed by atoms with Gasteiger partial charge in [0.2, 0.25) is 0 Å². The van der Waals surface area contributed by atoms with Crippen LogP contribution in [0.5, 0.6) is 0 Å². The van der Waals surface area contributed by atoms with Crippen LogP contribution in [-0.4, -0.2) is 26.9 Å². The minimum atomic E-state index is -1.08. The van der Waals surface area contributed by atoms with Gasteiger partial charge in [-0.3, -0.25) is 9.78 Å². The smallest absolute Gasteiger partial charge is 0.338 e. The Morgan fingerprint density at radius 1 is 1.45 bits per heavy atom. The van der Waals surface area contributed by atoms with Gasteiger partial charge in [-0.05, 0) is 31.0 Å². The van der Waals surface area contributed by atoms with Crippen molar-refractivity contribution >= 4 is 12.3 Å². The molecule has 0 spiro atoms. The molecule has 5 heteroatoms. The van der Waals surface area contributed by atoms with Gasteiger partial charge in [0, 0.05) is 12.7 Å². The summed E-state index contributed by atoms with van der Waals surface area (Å²) in [5.74, 6) is -1.08. The van der Waals surface area contributed by atoms with Gasteiger partial charge in [0.05, 0.1) is 22.6 Å². The third-order valence-corrected chi connectivity index (χ3v) is 3.35. The van der Waals surface area contributed by atoms with Crippen molar-refractivity contribution in [2.75, 3.05) is 0 Å². The Bertz CT molecular complexity index is 687. The Morgan fingerprint density at radius 2 is 2.15 bits per heavy atom. The summed E-state index contributed by atoms with van der Waals surface area (Å²) in [5, 5.41) is 9.36. The molecule has 0 fully saturated rings. The SMILES string of the molecule is CCc1c(C(=O)O)c(C=O)n(C)c1-c1cccc(C)n1. The summed E-state index contributed by atoms with van der Waals surface area (Å²) in [7, 11) is 1.69. The van der Waals surface area contributed by atoms with Crippen molar-refractivity contribution in [1.82, 2.24) is 9.55 Å². The normalized spacial score (nSPS) is 10.6. The number of nitrogens with zero attached hydrogens (tertiary/aromatic N) is 2. The maximum absolute atomic E-state index is 11.4. The van der Waals surface area contributed by atoms with Gasteiger partial charge in [0.1, 0.15) is 0 Å². The van der Waals surface area contributed by atoms with E-state index in [1.165, 1.54) is 0 Å². The van der Waals surface area contributed by atoms with Crippen LogP contribution in [0.15, 0.2) is 18.2 Å². The minimum Gasteiger partial charge on any atom is -0.478 e. The Labute approximate surface area is 116 Å². The Balaban J connectivity index is 2.82. The molecule has 2 aromatic heterocycles. The van der Waals surface area contributed by atoms with Gasteiger partial charge in [-0.1, -0.05) is 13.0 Å². The monoisotopic (exact) mass is 272 g/mol.